The quantitative estimate of drug-likeness (QED) is 0.749. The van der Waals surface area contributed by atoms with Gasteiger partial charge in [-0.15, -0.1) is 0 Å². The van der Waals surface area contributed by atoms with Crippen molar-refractivity contribution in [3.63, 3.8) is 0 Å². The molecular formula is C17H27NO3. The highest BCUT2D eigenvalue weighted by Gasteiger charge is 2.16. The maximum Gasteiger partial charge on any atom is 0.307 e. The Balaban J connectivity index is 2.87. The van der Waals surface area contributed by atoms with Crippen LogP contribution in [0.15, 0.2) is 12.1 Å². The largest absolute Gasteiger partial charge is 0.494 e. The summed E-state index contributed by atoms with van der Waals surface area (Å²) >= 11 is 0. The fourth-order valence-electron chi connectivity index (χ4n) is 2.44. The molecule has 4 heteroatoms. The van der Waals surface area contributed by atoms with Crippen LogP contribution < -0.4 is 10.1 Å². The zero-order valence-electron chi connectivity index (χ0n) is 13.8. The molecular weight excluding hydrogens is 266 g/mol. The number of benzene rings is 1. The molecule has 0 aliphatic heterocycles. The number of esters is 1. The minimum atomic E-state index is -0.179. The van der Waals surface area contributed by atoms with Crippen LogP contribution in [-0.2, 0) is 16.0 Å². The number of hydrogen-bond acceptors (Lipinski definition) is 4. The van der Waals surface area contributed by atoms with Crippen molar-refractivity contribution in [2.24, 2.45) is 0 Å². The second kappa shape index (κ2) is 8.67. The molecule has 0 aromatic heterocycles. The topological polar surface area (TPSA) is 47.6 Å². The molecule has 0 bridgehead atoms. The molecule has 118 valence electrons. The lowest BCUT2D eigenvalue weighted by molar-refractivity contribution is -0.141. The third-order valence-electron chi connectivity index (χ3n) is 3.53. The standard InChI is InChI=1S/C17H27NO3/c1-6-18-15(11-17(19)20-5)10-14-8-13(4)16(21-7-2)9-12(14)3/h8-9,15,18H,6-7,10-11H2,1-5H3. The van der Waals surface area contributed by atoms with Gasteiger partial charge in [-0.3, -0.25) is 4.79 Å². The number of aryl methyl sites for hydroxylation is 2. The van der Waals surface area contributed by atoms with E-state index in [4.69, 9.17) is 9.47 Å². The molecule has 1 aromatic carbocycles. The first-order chi connectivity index (χ1) is 10.0. The molecule has 1 aromatic rings. The summed E-state index contributed by atoms with van der Waals surface area (Å²) in [7, 11) is 1.43. The van der Waals surface area contributed by atoms with Crippen LogP contribution in [0, 0.1) is 13.8 Å². The molecule has 0 saturated heterocycles. The third-order valence-corrected chi connectivity index (χ3v) is 3.53. The number of carbonyl (C=O) groups excluding carboxylic acids is 1. The Morgan fingerprint density at radius 2 is 1.95 bits per heavy atom. The van der Waals surface area contributed by atoms with Crippen molar-refractivity contribution >= 4 is 5.97 Å². The van der Waals surface area contributed by atoms with Crippen LogP contribution in [0.1, 0.15) is 37.0 Å². The average molecular weight is 293 g/mol. The molecule has 1 N–H and O–H groups in total. The smallest absolute Gasteiger partial charge is 0.307 e. The SMILES string of the molecule is CCNC(CC(=O)OC)Cc1cc(C)c(OCC)cc1C. The van der Waals surface area contributed by atoms with Crippen molar-refractivity contribution in [2.75, 3.05) is 20.3 Å². The summed E-state index contributed by atoms with van der Waals surface area (Å²) in [4.78, 5) is 11.5. The highest BCUT2D eigenvalue weighted by atomic mass is 16.5. The van der Waals surface area contributed by atoms with Gasteiger partial charge in [-0.1, -0.05) is 13.0 Å². The van der Waals surface area contributed by atoms with Gasteiger partial charge in [-0.05, 0) is 56.5 Å². The number of likely N-dealkylation sites (N-methyl/N-ethyl adjacent to an activating group) is 1. The number of hydrogen-bond donors (Lipinski definition) is 1. The Labute approximate surface area is 127 Å². The Morgan fingerprint density at radius 3 is 2.52 bits per heavy atom. The minimum absolute atomic E-state index is 0.0958. The Bertz CT molecular complexity index is 471. The van der Waals surface area contributed by atoms with E-state index in [0.29, 0.717) is 13.0 Å². The number of ether oxygens (including phenoxy) is 2. The first-order valence-electron chi connectivity index (χ1n) is 7.54. The normalized spacial score (nSPS) is 12.0. The number of methoxy groups -OCH3 is 1. The van der Waals surface area contributed by atoms with E-state index in [2.05, 4.69) is 31.3 Å². The highest BCUT2D eigenvalue weighted by Crippen LogP contribution is 2.24. The van der Waals surface area contributed by atoms with Gasteiger partial charge in [0.25, 0.3) is 0 Å². The van der Waals surface area contributed by atoms with E-state index in [1.54, 1.807) is 0 Å². The molecule has 21 heavy (non-hydrogen) atoms. The monoisotopic (exact) mass is 293 g/mol. The summed E-state index contributed by atoms with van der Waals surface area (Å²) in [6.07, 6.45) is 1.19. The van der Waals surface area contributed by atoms with Crippen LogP contribution in [0.4, 0.5) is 0 Å². The van der Waals surface area contributed by atoms with Crippen LogP contribution in [0.25, 0.3) is 0 Å². The zero-order valence-corrected chi connectivity index (χ0v) is 13.8. The summed E-state index contributed by atoms with van der Waals surface area (Å²) in [6, 6.07) is 4.33. The lowest BCUT2D eigenvalue weighted by Crippen LogP contribution is -2.33. The van der Waals surface area contributed by atoms with Crippen LogP contribution in [0.3, 0.4) is 0 Å². The Kier molecular flexibility index (Phi) is 7.23. The van der Waals surface area contributed by atoms with Crippen LogP contribution in [0.5, 0.6) is 5.75 Å². The second-order valence-electron chi connectivity index (χ2n) is 5.22. The highest BCUT2D eigenvalue weighted by molar-refractivity contribution is 5.70. The molecule has 0 aliphatic carbocycles. The first kappa shape index (κ1) is 17.5. The van der Waals surface area contributed by atoms with Gasteiger partial charge in [0.1, 0.15) is 5.75 Å². The predicted molar refractivity (Wildman–Crippen MR) is 84.9 cm³/mol. The van der Waals surface area contributed by atoms with Gasteiger partial charge >= 0.3 is 5.97 Å². The fourth-order valence-corrected chi connectivity index (χ4v) is 2.44. The van der Waals surface area contributed by atoms with Crippen molar-refractivity contribution in [3.05, 3.63) is 28.8 Å². The van der Waals surface area contributed by atoms with Crippen LogP contribution >= 0.6 is 0 Å². The number of rotatable bonds is 8. The van der Waals surface area contributed by atoms with Crippen LogP contribution in [0.2, 0.25) is 0 Å². The molecule has 1 atom stereocenters. The van der Waals surface area contributed by atoms with Gasteiger partial charge in [0.05, 0.1) is 20.1 Å². The molecule has 1 unspecified atom stereocenters. The van der Waals surface area contributed by atoms with Gasteiger partial charge in [-0.2, -0.15) is 0 Å². The summed E-state index contributed by atoms with van der Waals surface area (Å²) in [5.74, 6) is 0.757. The summed E-state index contributed by atoms with van der Waals surface area (Å²) in [6.45, 7) is 9.66. The molecule has 0 fully saturated rings. The van der Waals surface area contributed by atoms with Crippen molar-refractivity contribution in [3.8, 4) is 5.75 Å². The average Bonchev–Trinajstić information content (AvgIpc) is 2.44. The van der Waals surface area contributed by atoms with Crippen molar-refractivity contribution < 1.29 is 14.3 Å². The minimum Gasteiger partial charge on any atom is -0.494 e. The number of carbonyl (C=O) groups is 1. The van der Waals surface area contributed by atoms with Crippen LogP contribution in [-0.4, -0.2) is 32.3 Å². The van der Waals surface area contributed by atoms with E-state index in [0.717, 1.165) is 24.3 Å². The molecule has 4 nitrogen and oxygen atoms in total. The second-order valence-corrected chi connectivity index (χ2v) is 5.22. The summed E-state index contributed by atoms with van der Waals surface area (Å²) < 4.78 is 10.4. The third kappa shape index (κ3) is 5.38. The lowest BCUT2D eigenvalue weighted by Gasteiger charge is -2.19. The maximum atomic E-state index is 11.5. The molecule has 0 amide bonds. The van der Waals surface area contributed by atoms with Crippen molar-refractivity contribution in [1.82, 2.24) is 5.32 Å². The molecule has 0 heterocycles. The van der Waals surface area contributed by atoms with Gasteiger partial charge < -0.3 is 14.8 Å². The summed E-state index contributed by atoms with van der Waals surface area (Å²) in [5, 5.41) is 3.35. The van der Waals surface area contributed by atoms with E-state index < -0.39 is 0 Å². The van der Waals surface area contributed by atoms with Gasteiger partial charge in [-0.25, -0.2) is 0 Å². The van der Waals surface area contributed by atoms with E-state index in [-0.39, 0.29) is 12.0 Å². The molecule has 0 spiro atoms. The zero-order chi connectivity index (χ0) is 15.8. The Morgan fingerprint density at radius 1 is 1.24 bits per heavy atom. The molecule has 0 saturated carbocycles. The van der Waals surface area contributed by atoms with Crippen molar-refractivity contribution in [2.45, 2.75) is 46.6 Å². The van der Waals surface area contributed by atoms with Gasteiger partial charge in [0.2, 0.25) is 0 Å². The van der Waals surface area contributed by atoms with Gasteiger partial charge in [0.15, 0.2) is 0 Å². The van der Waals surface area contributed by atoms with E-state index in [1.165, 1.54) is 18.2 Å². The Hall–Kier alpha value is -1.55. The molecule has 0 radical (unpaired) electrons. The molecule has 0 aliphatic rings. The maximum absolute atomic E-state index is 11.5. The fraction of sp³-hybridized carbons (Fsp3) is 0.588. The van der Waals surface area contributed by atoms with E-state index >= 15 is 0 Å². The van der Waals surface area contributed by atoms with E-state index in [9.17, 15) is 4.79 Å². The first-order valence-corrected chi connectivity index (χ1v) is 7.54. The van der Waals surface area contributed by atoms with E-state index in [1.807, 2.05) is 13.8 Å². The predicted octanol–water partition coefficient (Wildman–Crippen LogP) is 2.79. The van der Waals surface area contributed by atoms with Crippen molar-refractivity contribution in [1.29, 1.82) is 0 Å². The summed E-state index contributed by atoms with van der Waals surface area (Å²) in [5.41, 5.74) is 3.56. The molecule has 1 rings (SSSR count). The number of nitrogens with one attached hydrogen (secondary N) is 1. The lowest BCUT2D eigenvalue weighted by atomic mass is 9.96. The van der Waals surface area contributed by atoms with Gasteiger partial charge in [0, 0.05) is 6.04 Å².